The maximum Gasteiger partial charge on any atom is 0.244 e. The molecule has 37 heavy (non-hydrogen) atoms. The van der Waals surface area contributed by atoms with E-state index in [0.717, 1.165) is 44.4 Å². The van der Waals surface area contributed by atoms with Gasteiger partial charge in [0.05, 0.1) is 16.8 Å². The number of nitrogens with zero attached hydrogens (tertiary/aromatic N) is 4. The van der Waals surface area contributed by atoms with Crippen molar-refractivity contribution in [2.75, 3.05) is 11.1 Å². The van der Waals surface area contributed by atoms with Crippen molar-refractivity contribution in [2.24, 2.45) is 0 Å². The summed E-state index contributed by atoms with van der Waals surface area (Å²) in [5, 5.41) is 23.4. The normalized spacial score (nSPS) is 13.5. The number of benzene rings is 2. The van der Waals surface area contributed by atoms with Gasteiger partial charge in [0, 0.05) is 33.9 Å². The molecule has 1 aliphatic carbocycles. The van der Waals surface area contributed by atoms with E-state index in [2.05, 4.69) is 22.4 Å². The van der Waals surface area contributed by atoms with E-state index in [1.54, 1.807) is 0 Å². The van der Waals surface area contributed by atoms with Gasteiger partial charge in [-0.1, -0.05) is 35.9 Å². The molecule has 0 radical (unpaired) electrons. The molecule has 0 atom stereocenters. The third-order valence-electron chi connectivity index (χ3n) is 6.75. The summed E-state index contributed by atoms with van der Waals surface area (Å²) in [5.74, 6) is -0.0104. The summed E-state index contributed by atoms with van der Waals surface area (Å²) in [6.07, 6.45) is 3.94. The SMILES string of the molecule is CC1=C(C#N)c2nc(N)c(C#N)c(C)c2/C1=C\c1cn(CC(=O)Nc2ccc(C)cc2)c2ccccc12. The quantitative estimate of drug-likeness (QED) is 0.391. The van der Waals surface area contributed by atoms with Gasteiger partial charge in [0.25, 0.3) is 0 Å². The lowest BCUT2D eigenvalue weighted by atomic mass is 9.95. The number of hydrogen-bond donors (Lipinski definition) is 2. The first kappa shape index (κ1) is 23.6. The molecular formula is C30H24N6O. The molecule has 0 saturated carbocycles. The molecule has 7 nitrogen and oxygen atoms in total. The molecule has 0 saturated heterocycles. The Hall–Kier alpha value is -5.14. The van der Waals surface area contributed by atoms with E-state index in [-0.39, 0.29) is 18.3 Å². The van der Waals surface area contributed by atoms with Crippen LogP contribution in [0.3, 0.4) is 0 Å². The Morgan fingerprint density at radius 2 is 1.81 bits per heavy atom. The minimum atomic E-state index is -0.132. The number of pyridine rings is 1. The first-order valence-electron chi connectivity index (χ1n) is 11.8. The Kier molecular flexibility index (Phi) is 5.83. The topological polar surface area (TPSA) is 121 Å². The van der Waals surface area contributed by atoms with Crippen molar-refractivity contribution in [3.05, 3.63) is 93.8 Å². The van der Waals surface area contributed by atoms with Gasteiger partial charge in [0.15, 0.2) is 0 Å². The fourth-order valence-corrected chi connectivity index (χ4v) is 4.86. The van der Waals surface area contributed by atoms with E-state index in [0.29, 0.717) is 22.4 Å². The molecule has 1 aliphatic rings. The number of anilines is 2. The van der Waals surface area contributed by atoms with Gasteiger partial charge in [-0.3, -0.25) is 4.79 Å². The average Bonchev–Trinajstić information content (AvgIpc) is 3.35. The lowest BCUT2D eigenvalue weighted by Gasteiger charge is -2.10. The summed E-state index contributed by atoms with van der Waals surface area (Å²) in [7, 11) is 0. The number of nitriles is 2. The summed E-state index contributed by atoms with van der Waals surface area (Å²) in [4.78, 5) is 17.3. The number of nitrogen functional groups attached to an aromatic ring is 1. The van der Waals surface area contributed by atoms with Crippen molar-refractivity contribution < 1.29 is 4.79 Å². The third-order valence-corrected chi connectivity index (χ3v) is 6.75. The van der Waals surface area contributed by atoms with Gasteiger partial charge in [0.1, 0.15) is 24.5 Å². The van der Waals surface area contributed by atoms with Gasteiger partial charge in [-0.25, -0.2) is 4.98 Å². The zero-order valence-electron chi connectivity index (χ0n) is 20.8. The van der Waals surface area contributed by atoms with Crippen LogP contribution in [0.1, 0.15) is 40.4 Å². The number of hydrogen-bond acceptors (Lipinski definition) is 5. The van der Waals surface area contributed by atoms with Crippen LogP contribution in [0.15, 0.2) is 60.3 Å². The van der Waals surface area contributed by atoms with Crippen LogP contribution in [0.25, 0.3) is 28.1 Å². The van der Waals surface area contributed by atoms with Gasteiger partial charge >= 0.3 is 0 Å². The zero-order valence-corrected chi connectivity index (χ0v) is 20.8. The summed E-state index contributed by atoms with van der Waals surface area (Å²) in [6.45, 7) is 5.85. The van der Waals surface area contributed by atoms with Gasteiger partial charge in [-0.15, -0.1) is 0 Å². The van der Waals surface area contributed by atoms with Gasteiger partial charge in [-0.2, -0.15) is 10.5 Å². The number of carbonyl (C=O) groups excluding carboxylic acids is 1. The highest BCUT2D eigenvalue weighted by Crippen LogP contribution is 2.44. The lowest BCUT2D eigenvalue weighted by Crippen LogP contribution is -2.18. The molecule has 7 heteroatoms. The number of fused-ring (bicyclic) bond motifs is 2. The average molecular weight is 485 g/mol. The monoisotopic (exact) mass is 484 g/mol. The van der Waals surface area contributed by atoms with Crippen LogP contribution in [0.5, 0.6) is 0 Å². The Balaban J connectivity index is 1.59. The third kappa shape index (κ3) is 4.03. The molecule has 0 aliphatic heterocycles. The zero-order chi connectivity index (χ0) is 26.3. The van der Waals surface area contributed by atoms with Crippen molar-refractivity contribution >= 4 is 45.5 Å². The van der Waals surface area contributed by atoms with E-state index >= 15 is 0 Å². The first-order valence-corrected chi connectivity index (χ1v) is 11.8. The van der Waals surface area contributed by atoms with Crippen LogP contribution in [-0.2, 0) is 11.3 Å². The van der Waals surface area contributed by atoms with Crippen LogP contribution in [-0.4, -0.2) is 15.5 Å². The predicted molar refractivity (Wildman–Crippen MR) is 146 cm³/mol. The summed E-state index contributed by atoms with van der Waals surface area (Å²) in [6, 6.07) is 19.9. The first-order chi connectivity index (χ1) is 17.8. The lowest BCUT2D eigenvalue weighted by molar-refractivity contribution is -0.116. The number of rotatable bonds is 4. The van der Waals surface area contributed by atoms with Crippen molar-refractivity contribution in [1.82, 2.24) is 9.55 Å². The van der Waals surface area contributed by atoms with Crippen molar-refractivity contribution in [2.45, 2.75) is 27.3 Å². The molecule has 3 N–H and O–H groups in total. The van der Waals surface area contributed by atoms with E-state index < -0.39 is 0 Å². The van der Waals surface area contributed by atoms with E-state index in [1.165, 1.54) is 0 Å². The summed E-state index contributed by atoms with van der Waals surface area (Å²) < 4.78 is 1.92. The number of nitrogens with two attached hydrogens (primary N) is 1. The molecule has 0 unspecified atom stereocenters. The molecular weight excluding hydrogens is 460 g/mol. The molecule has 1 amide bonds. The molecule has 2 heterocycles. The van der Waals surface area contributed by atoms with Crippen molar-refractivity contribution in [1.29, 1.82) is 10.5 Å². The number of aromatic nitrogens is 2. The molecule has 180 valence electrons. The highest BCUT2D eigenvalue weighted by atomic mass is 16.1. The van der Waals surface area contributed by atoms with Crippen LogP contribution in [0.4, 0.5) is 11.5 Å². The van der Waals surface area contributed by atoms with E-state index in [9.17, 15) is 15.3 Å². The fraction of sp³-hybridized carbons (Fsp3) is 0.133. The van der Waals surface area contributed by atoms with E-state index in [1.807, 2.05) is 86.1 Å². The van der Waals surface area contributed by atoms with Crippen LogP contribution in [0, 0.1) is 36.5 Å². The standard InChI is InChI=1S/C30H24N6O/c1-17-8-10-21(11-9-17)34-27(37)16-36-15-20(22-6-4-5-7-26(22)36)12-23-18(2)24(13-31)29-28(23)19(3)25(14-32)30(33)35-29/h4-12,15H,16H2,1-3H3,(H2,33,35)(H,34,37)/b23-12-. The highest BCUT2D eigenvalue weighted by molar-refractivity contribution is 6.10. The minimum absolute atomic E-state index is 0.122. The van der Waals surface area contributed by atoms with Crippen molar-refractivity contribution in [3.63, 3.8) is 0 Å². The number of carbonyl (C=O) groups is 1. The number of aryl methyl sites for hydroxylation is 1. The Bertz CT molecular complexity index is 1740. The molecule has 0 bridgehead atoms. The number of para-hydroxylation sites is 1. The smallest absolute Gasteiger partial charge is 0.244 e. The van der Waals surface area contributed by atoms with E-state index in [4.69, 9.17) is 5.73 Å². The van der Waals surface area contributed by atoms with Gasteiger partial charge in [0.2, 0.25) is 5.91 Å². The Labute approximate surface area is 214 Å². The molecule has 4 aromatic rings. The summed E-state index contributed by atoms with van der Waals surface area (Å²) >= 11 is 0. The maximum atomic E-state index is 12.9. The Morgan fingerprint density at radius 3 is 2.51 bits per heavy atom. The highest BCUT2D eigenvalue weighted by Gasteiger charge is 2.30. The summed E-state index contributed by atoms with van der Waals surface area (Å²) in [5.41, 5.74) is 14.0. The molecule has 2 aromatic heterocycles. The van der Waals surface area contributed by atoms with Crippen molar-refractivity contribution in [3.8, 4) is 12.1 Å². The van der Waals surface area contributed by atoms with Gasteiger partial charge < -0.3 is 15.6 Å². The fourth-order valence-electron chi connectivity index (χ4n) is 4.86. The van der Waals surface area contributed by atoms with Crippen LogP contribution >= 0.6 is 0 Å². The second-order valence-electron chi connectivity index (χ2n) is 9.15. The largest absolute Gasteiger partial charge is 0.383 e. The second kappa shape index (κ2) is 9.14. The van der Waals surface area contributed by atoms with Crippen LogP contribution < -0.4 is 11.1 Å². The Morgan fingerprint density at radius 1 is 1.08 bits per heavy atom. The number of nitrogens with one attached hydrogen (secondary N) is 1. The van der Waals surface area contributed by atoms with Gasteiger partial charge in [-0.05, 0) is 61.8 Å². The number of allylic oxidation sites excluding steroid dienone is 3. The molecule has 5 rings (SSSR count). The molecule has 0 fully saturated rings. The number of amides is 1. The minimum Gasteiger partial charge on any atom is -0.383 e. The molecule has 2 aromatic carbocycles. The second-order valence-corrected chi connectivity index (χ2v) is 9.15. The van der Waals surface area contributed by atoms with Crippen LogP contribution in [0.2, 0.25) is 0 Å². The maximum absolute atomic E-state index is 12.9. The predicted octanol–water partition coefficient (Wildman–Crippen LogP) is 5.60. The molecule has 0 spiro atoms.